The second-order valence-corrected chi connectivity index (χ2v) is 9.63. The Labute approximate surface area is 182 Å². The van der Waals surface area contributed by atoms with E-state index in [1.54, 1.807) is 0 Å². The second-order valence-electron chi connectivity index (χ2n) is 9.63. The number of Topliss-reactive ketones (excluding diaryl/α,β-unsaturated/α-hetero) is 1. The van der Waals surface area contributed by atoms with Crippen molar-refractivity contribution in [2.24, 2.45) is 0 Å². The number of carbonyl (C=O) groups is 2. The molecule has 6 rings (SSSR count). The van der Waals surface area contributed by atoms with Crippen LogP contribution in [-0.2, 0) is 22.3 Å². The van der Waals surface area contributed by atoms with E-state index < -0.39 is 11.0 Å². The zero-order valence-electron chi connectivity index (χ0n) is 17.8. The molecule has 2 aromatic carbocycles. The van der Waals surface area contributed by atoms with E-state index in [4.69, 9.17) is 4.74 Å². The second kappa shape index (κ2) is 7.01. The predicted octanol–water partition coefficient (Wildman–Crippen LogP) is 3.56. The lowest BCUT2D eigenvalue weighted by molar-refractivity contribution is 0.00158. The largest absolute Gasteiger partial charge is 0.449 e. The summed E-state index contributed by atoms with van der Waals surface area (Å²) in [5, 5.41) is 3.30. The highest BCUT2D eigenvalue weighted by molar-refractivity contribution is 6.14. The van der Waals surface area contributed by atoms with Crippen LogP contribution in [0.4, 0.5) is 0 Å². The van der Waals surface area contributed by atoms with E-state index in [1.165, 1.54) is 31.5 Å². The first-order chi connectivity index (χ1) is 15.1. The van der Waals surface area contributed by atoms with E-state index in [1.807, 2.05) is 18.2 Å². The van der Waals surface area contributed by atoms with E-state index >= 15 is 0 Å². The van der Waals surface area contributed by atoms with Crippen molar-refractivity contribution in [1.82, 2.24) is 10.2 Å². The van der Waals surface area contributed by atoms with Crippen LogP contribution in [0.15, 0.2) is 42.5 Å². The highest BCUT2D eigenvalue weighted by Crippen LogP contribution is 2.52. The van der Waals surface area contributed by atoms with E-state index in [0.29, 0.717) is 17.7 Å². The number of carbonyl (C=O) groups excluding carboxylic acids is 2. The summed E-state index contributed by atoms with van der Waals surface area (Å²) >= 11 is 0. The normalized spacial score (nSPS) is 26.3. The molecule has 160 valence electrons. The molecule has 0 aromatic heterocycles. The highest BCUT2D eigenvalue weighted by atomic mass is 16.6. The van der Waals surface area contributed by atoms with Crippen molar-refractivity contribution in [3.63, 3.8) is 0 Å². The van der Waals surface area contributed by atoms with E-state index in [9.17, 15) is 9.59 Å². The lowest BCUT2D eigenvalue weighted by atomic mass is 9.82. The van der Waals surface area contributed by atoms with Gasteiger partial charge in [0.25, 0.3) is 0 Å². The molecule has 5 nitrogen and oxygen atoms in total. The van der Waals surface area contributed by atoms with E-state index in [0.717, 1.165) is 43.5 Å². The monoisotopic (exact) mass is 416 g/mol. The van der Waals surface area contributed by atoms with Gasteiger partial charge in [-0.15, -0.1) is 0 Å². The Hall–Kier alpha value is -2.50. The summed E-state index contributed by atoms with van der Waals surface area (Å²) in [7, 11) is 0. The Balaban J connectivity index is 1.30. The Kier molecular flexibility index (Phi) is 4.34. The minimum Gasteiger partial charge on any atom is -0.449 e. The SMILES string of the molecule is O=C1OC2(CCNC2)c2cccc(C(=O)C3(c4ccc(CN5CCCC5)cc4)CC3)c21. The number of nitrogens with zero attached hydrogens (tertiary/aromatic N) is 1. The Bertz CT molecular complexity index is 1040. The molecule has 1 saturated carbocycles. The van der Waals surface area contributed by atoms with Gasteiger partial charge in [0, 0.05) is 30.6 Å². The Morgan fingerprint density at radius 1 is 1.03 bits per heavy atom. The van der Waals surface area contributed by atoms with Crippen molar-refractivity contribution >= 4 is 11.8 Å². The topological polar surface area (TPSA) is 58.6 Å². The van der Waals surface area contributed by atoms with Crippen LogP contribution in [-0.4, -0.2) is 42.8 Å². The molecule has 3 fully saturated rings. The summed E-state index contributed by atoms with van der Waals surface area (Å²) < 4.78 is 5.83. The fraction of sp³-hybridized carbons (Fsp3) is 0.462. The Morgan fingerprint density at radius 3 is 2.48 bits per heavy atom. The third-order valence-corrected chi connectivity index (χ3v) is 7.70. The number of ether oxygens (including phenoxy) is 1. The molecule has 1 atom stereocenters. The first-order valence-electron chi connectivity index (χ1n) is 11.6. The van der Waals surface area contributed by atoms with Gasteiger partial charge < -0.3 is 10.1 Å². The number of ketones is 1. The van der Waals surface area contributed by atoms with Crippen LogP contribution in [0.2, 0.25) is 0 Å². The summed E-state index contributed by atoms with van der Waals surface area (Å²) in [6, 6.07) is 14.3. The quantitative estimate of drug-likeness (QED) is 0.597. The predicted molar refractivity (Wildman–Crippen MR) is 117 cm³/mol. The molecule has 1 unspecified atom stereocenters. The smallest absolute Gasteiger partial charge is 0.340 e. The lowest BCUT2D eigenvalue weighted by Gasteiger charge is -2.22. The van der Waals surface area contributed by atoms with Crippen molar-refractivity contribution in [2.75, 3.05) is 26.2 Å². The molecule has 0 bridgehead atoms. The van der Waals surface area contributed by atoms with E-state index in [2.05, 4.69) is 34.5 Å². The molecular formula is C26H28N2O3. The molecule has 0 radical (unpaired) electrons. The number of hydrogen-bond donors (Lipinski definition) is 1. The number of fused-ring (bicyclic) bond motifs is 2. The average molecular weight is 417 g/mol. The number of nitrogens with one attached hydrogen (secondary N) is 1. The molecule has 0 amide bonds. The van der Waals surface area contributed by atoms with Crippen molar-refractivity contribution in [1.29, 1.82) is 0 Å². The standard InChI is InChI=1S/C26H28N2O3/c29-23(20-4-3-5-21-22(20)24(30)31-26(21)12-13-27-17-26)25(10-11-25)19-8-6-18(7-9-19)16-28-14-1-2-15-28/h3-9,27H,1-2,10-17H2. The van der Waals surface area contributed by atoms with Gasteiger partial charge in [0.05, 0.1) is 11.0 Å². The molecule has 2 aromatic rings. The summed E-state index contributed by atoms with van der Waals surface area (Å²) in [6.45, 7) is 4.77. The third kappa shape index (κ3) is 2.98. The molecule has 3 aliphatic heterocycles. The molecule has 1 spiro atoms. The molecule has 4 aliphatic rings. The van der Waals surface area contributed by atoms with E-state index in [-0.39, 0.29) is 11.8 Å². The van der Waals surface area contributed by atoms with Gasteiger partial charge in [-0.1, -0.05) is 42.5 Å². The molecule has 1 N–H and O–H groups in total. The van der Waals surface area contributed by atoms with Crippen LogP contribution < -0.4 is 5.32 Å². The molecule has 31 heavy (non-hydrogen) atoms. The summed E-state index contributed by atoms with van der Waals surface area (Å²) in [5.74, 6) is -0.281. The summed E-state index contributed by atoms with van der Waals surface area (Å²) in [4.78, 5) is 29.1. The minimum atomic E-state index is -0.601. The van der Waals surface area contributed by atoms with Crippen molar-refractivity contribution in [3.8, 4) is 0 Å². The number of hydrogen-bond acceptors (Lipinski definition) is 5. The maximum atomic E-state index is 13.8. The van der Waals surface area contributed by atoms with Crippen LogP contribution in [0.5, 0.6) is 0 Å². The highest BCUT2D eigenvalue weighted by Gasteiger charge is 2.54. The minimum absolute atomic E-state index is 0.0663. The zero-order valence-corrected chi connectivity index (χ0v) is 17.8. The fourth-order valence-corrected chi connectivity index (χ4v) is 5.77. The molecular weight excluding hydrogens is 388 g/mol. The van der Waals surface area contributed by atoms with Crippen molar-refractivity contribution in [3.05, 3.63) is 70.3 Å². The molecule has 5 heteroatoms. The number of likely N-dealkylation sites (tertiary alicyclic amines) is 1. The van der Waals surface area contributed by atoms with Crippen molar-refractivity contribution in [2.45, 2.75) is 49.7 Å². The van der Waals surface area contributed by atoms with Gasteiger partial charge in [-0.2, -0.15) is 0 Å². The maximum absolute atomic E-state index is 13.8. The summed E-state index contributed by atoms with van der Waals surface area (Å²) in [5.41, 5.74) is 3.18. The zero-order chi connectivity index (χ0) is 21.1. The van der Waals surface area contributed by atoms with Crippen LogP contribution in [0.1, 0.15) is 69.5 Å². The van der Waals surface area contributed by atoms with Crippen LogP contribution >= 0.6 is 0 Å². The summed E-state index contributed by atoms with van der Waals surface area (Å²) in [6.07, 6.45) is 5.01. The van der Waals surface area contributed by atoms with Gasteiger partial charge in [0.2, 0.25) is 0 Å². The number of rotatable bonds is 5. The van der Waals surface area contributed by atoms with Gasteiger partial charge in [0.15, 0.2) is 11.4 Å². The first-order valence-corrected chi connectivity index (χ1v) is 11.6. The Morgan fingerprint density at radius 2 is 1.81 bits per heavy atom. The van der Waals surface area contributed by atoms with Crippen LogP contribution in [0.25, 0.3) is 0 Å². The van der Waals surface area contributed by atoms with Gasteiger partial charge in [0.1, 0.15) is 0 Å². The average Bonchev–Trinajstić information content (AvgIpc) is 3.10. The van der Waals surface area contributed by atoms with Gasteiger partial charge in [-0.3, -0.25) is 9.69 Å². The van der Waals surface area contributed by atoms with Gasteiger partial charge >= 0.3 is 5.97 Å². The van der Waals surface area contributed by atoms with Gasteiger partial charge in [-0.05, 0) is 56.4 Å². The molecule has 1 aliphatic carbocycles. The fourth-order valence-electron chi connectivity index (χ4n) is 5.77. The molecule has 2 saturated heterocycles. The van der Waals surface area contributed by atoms with Crippen LogP contribution in [0, 0.1) is 0 Å². The maximum Gasteiger partial charge on any atom is 0.340 e. The van der Waals surface area contributed by atoms with Crippen molar-refractivity contribution < 1.29 is 14.3 Å². The third-order valence-electron chi connectivity index (χ3n) is 7.70. The van der Waals surface area contributed by atoms with Gasteiger partial charge in [-0.25, -0.2) is 4.79 Å². The first kappa shape index (κ1) is 19.2. The molecule has 3 heterocycles. The lowest BCUT2D eigenvalue weighted by Crippen LogP contribution is -2.28. The number of esters is 1. The van der Waals surface area contributed by atoms with Crippen LogP contribution in [0.3, 0.4) is 0 Å². The number of benzene rings is 2.